The van der Waals surface area contributed by atoms with Gasteiger partial charge in [0.15, 0.2) is 0 Å². The molecule has 14 heavy (non-hydrogen) atoms. The van der Waals surface area contributed by atoms with E-state index in [-0.39, 0.29) is 5.16 Å². The highest BCUT2D eigenvalue weighted by Gasteiger charge is 2.19. The number of rotatable bonds is 3. The first kappa shape index (κ1) is 11.1. The van der Waals surface area contributed by atoms with Gasteiger partial charge in [0, 0.05) is 6.54 Å². The molecule has 0 fully saturated rings. The Labute approximate surface area is 83.2 Å². The highest BCUT2D eigenvalue weighted by atomic mass is 32.2. The SMILES string of the molecule is Cc1nnc(S(N)(=O)=O)n1CC(C)C. The minimum atomic E-state index is -3.77. The molecule has 0 amide bonds. The molecule has 80 valence electrons. The van der Waals surface area contributed by atoms with Gasteiger partial charge in [0.2, 0.25) is 0 Å². The molecule has 0 saturated carbocycles. The van der Waals surface area contributed by atoms with Gasteiger partial charge < -0.3 is 4.57 Å². The third-order valence-corrected chi connectivity index (χ3v) is 2.51. The zero-order valence-electron chi connectivity index (χ0n) is 8.43. The van der Waals surface area contributed by atoms with Crippen molar-refractivity contribution < 1.29 is 8.42 Å². The van der Waals surface area contributed by atoms with Crippen LogP contribution in [0.3, 0.4) is 0 Å². The Balaban J connectivity index is 3.20. The molecule has 0 aliphatic carbocycles. The fourth-order valence-electron chi connectivity index (χ4n) is 1.15. The van der Waals surface area contributed by atoms with Crippen molar-refractivity contribution in [1.82, 2.24) is 14.8 Å². The summed E-state index contributed by atoms with van der Waals surface area (Å²) in [4.78, 5) is 0. The third-order valence-electron chi connectivity index (χ3n) is 1.70. The molecule has 0 unspecified atom stereocenters. The smallest absolute Gasteiger partial charge is 0.273 e. The normalized spacial score (nSPS) is 12.4. The standard InChI is InChI=1S/C7H14N4O2S/c1-5(2)4-11-6(3)9-10-7(11)14(8,12)13/h5H,4H2,1-3H3,(H2,8,12,13). The van der Waals surface area contributed by atoms with Crippen LogP contribution < -0.4 is 5.14 Å². The summed E-state index contributed by atoms with van der Waals surface area (Å²) in [6.45, 7) is 6.20. The van der Waals surface area contributed by atoms with Gasteiger partial charge in [-0.1, -0.05) is 13.8 Å². The van der Waals surface area contributed by atoms with Gasteiger partial charge in [-0.05, 0) is 12.8 Å². The van der Waals surface area contributed by atoms with Gasteiger partial charge in [0.1, 0.15) is 5.82 Å². The van der Waals surface area contributed by atoms with E-state index >= 15 is 0 Å². The number of aryl methyl sites for hydroxylation is 1. The van der Waals surface area contributed by atoms with Crippen LogP contribution in [0, 0.1) is 12.8 Å². The molecule has 6 nitrogen and oxygen atoms in total. The Kier molecular flexibility index (Phi) is 2.91. The van der Waals surface area contributed by atoms with Gasteiger partial charge in [0.05, 0.1) is 0 Å². The van der Waals surface area contributed by atoms with E-state index in [1.807, 2.05) is 13.8 Å². The summed E-state index contributed by atoms with van der Waals surface area (Å²) in [6, 6.07) is 0. The molecule has 0 bridgehead atoms. The molecule has 7 heteroatoms. The zero-order valence-corrected chi connectivity index (χ0v) is 9.24. The van der Waals surface area contributed by atoms with Crippen molar-refractivity contribution in [3.05, 3.63) is 5.82 Å². The summed E-state index contributed by atoms with van der Waals surface area (Å²) < 4.78 is 23.7. The topological polar surface area (TPSA) is 90.9 Å². The Morgan fingerprint density at radius 1 is 1.43 bits per heavy atom. The monoisotopic (exact) mass is 218 g/mol. The quantitative estimate of drug-likeness (QED) is 0.766. The first-order chi connectivity index (χ1) is 6.32. The van der Waals surface area contributed by atoms with E-state index in [4.69, 9.17) is 5.14 Å². The largest absolute Gasteiger partial charge is 0.301 e. The lowest BCUT2D eigenvalue weighted by Gasteiger charge is -2.09. The average Bonchev–Trinajstić information content (AvgIpc) is 2.30. The second-order valence-corrected chi connectivity index (χ2v) is 5.03. The average molecular weight is 218 g/mol. The molecular formula is C7H14N4O2S. The van der Waals surface area contributed by atoms with E-state index in [0.29, 0.717) is 18.3 Å². The van der Waals surface area contributed by atoms with Crippen molar-refractivity contribution in [2.24, 2.45) is 11.1 Å². The molecule has 0 aliphatic rings. The molecule has 2 N–H and O–H groups in total. The van der Waals surface area contributed by atoms with E-state index in [2.05, 4.69) is 10.2 Å². The summed E-state index contributed by atoms with van der Waals surface area (Å²) >= 11 is 0. The van der Waals surface area contributed by atoms with Gasteiger partial charge in [-0.15, -0.1) is 10.2 Å². The van der Waals surface area contributed by atoms with E-state index in [1.54, 1.807) is 6.92 Å². The molecule has 0 spiro atoms. The molecule has 0 atom stereocenters. The Morgan fingerprint density at radius 3 is 2.43 bits per heavy atom. The number of hydrogen-bond acceptors (Lipinski definition) is 4. The fraction of sp³-hybridized carbons (Fsp3) is 0.714. The zero-order chi connectivity index (χ0) is 10.9. The van der Waals surface area contributed by atoms with Crippen molar-refractivity contribution in [1.29, 1.82) is 0 Å². The lowest BCUT2D eigenvalue weighted by atomic mass is 10.2. The van der Waals surface area contributed by atoms with Crippen LogP contribution in [0.2, 0.25) is 0 Å². The van der Waals surface area contributed by atoms with Crippen LogP contribution in [0.1, 0.15) is 19.7 Å². The van der Waals surface area contributed by atoms with Crippen LogP contribution in [-0.4, -0.2) is 23.2 Å². The van der Waals surface area contributed by atoms with Crippen LogP contribution in [0.15, 0.2) is 5.16 Å². The molecule has 1 aromatic heterocycles. The van der Waals surface area contributed by atoms with Crippen LogP contribution in [-0.2, 0) is 16.6 Å². The number of aromatic nitrogens is 3. The predicted octanol–water partition coefficient (Wildman–Crippen LogP) is -0.110. The number of nitrogens with zero attached hydrogens (tertiary/aromatic N) is 3. The maximum atomic E-state index is 11.1. The van der Waals surface area contributed by atoms with E-state index in [1.165, 1.54) is 4.57 Å². The van der Waals surface area contributed by atoms with Crippen molar-refractivity contribution in [3.63, 3.8) is 0 Å². The first-order valence-electron chi connectivity index (χ1n) is 4.25. The number of hydrogen-bond donors (Lipinski definition) is 1. The summed E-state index contributed by atoms with van der Waals surface area (Å²) in [5, 5.41) is 12.1. The van der Waals surface area contributed by atoms with Crippen molar-refractivity contribution in [2.45, 2.75) is 32.5 Å². The third kappa shape index (κ3) is 2.30. The minimum Gasteiger partial charge on any atom is -0.301 e. The molecule has 0 saturated heterocycles. The fourth-order valence-corrected chi connectivity index (χ4v) is 1.82. The second-order valence-electron chi connectivity index (χ2n) is 3.58. The lowest BCUT2D eigenvalue weighted by molar-refractivity contribution is 0.475. The number of nitrogens with two attached hydrogens (primary N) is 1. The summed E-state index contributed by atoms with van der Waals surface area (Å²) in [5.74, 6) is 0.868. The van der Waals surface area contributed by atoms with E-state index in [9.17, 15) is 8.42 Å². The number of primary sulfonamides is 1. The molecule has 1 heterocycles. The molecular weight excluding hydrogens is 204 g/mol. The Morgan fingerprint density at radius 2 is 2.00 bits per heavy atom. The number of sulfonamides is 1. The maximum absolute atomic E-state index is 11.1. The molecule has 1 rings (SSSR count). The van der Waals surface area contributed by atoms with E-state index in [0.717, 1.165) is 0 Å². The van der Waals surface area contributed by atoms with Crippen LogP contribution in [0.5, 0.6) is 0 Å². The van der Waals surface area contributed by atoms with Gasteiger partial charge >= 0.3 is 0 Å². The van der Waals surface area contributed by atoms with Gasteiger partial charge in [-0.2, -0.15) is 0 Å². The lowest BCUT2D eigenvalue weighted by Crippen LogP contribution is -2.20. The second kappa shape index (κ2) is 3.66. The minimum absolute atomic E-state index is 0.163. The van der Waals surface area contributed by atoms with Crippen molar-refractivity contribution in [2.75, 3.05) is 0 Å². The first-order valence-corrected chi connectivity index (χ1v) is 5.79. The Hall–Kier alpha value is -0.950. The van der Waals surface area contributed by atoms with Crippen LogP contribution in [0.25, 0.3) is 0 Å². The van der Waals surface area contributed by atoms with Crippen LogP contribution in [0.4, 0.5) is 0 Å². The molecule has 0 radical (unpaired) electrons. The predicted molar refractivity (Wildman–Crippen MR) is 51.0 cm³/mol. The summed E-state index contributed by atoms with van der Waals surface area (Å²) in [5.41, 5.74) is 0. The molecule has 0 aliphatic heterocycles. The maximum Gasteiger partial charge on any atom is 0.273 e. The van der Waals surface area contributed by atoms with Crippen LogP contribution >= 0.6 is 0 Å². The van der Waals surface area contributed by atoms with Crippen molar-refractivity contribution >= 4 is 10.0 Å². The van der Waals surface area contributed by atoms with E-state index < -0.39 is 10.0 Å². The molecule has 1 aromatic rings. The highest BCUT2D eigenvalue weighted by molar-refractivity contribution is 7.89. The summed E-state index contributed by atoms with van der Waals surface area (Å²) in [7, 11) is -3.77. The molecule has 0 aromatic carbocycles. The highest BCUT2D eigenvalue weighted by Crippen LogP contribution is 2.09. The summed E-state index contributed by atoms with van der Waals surface area (Å²) in [6.07, 6.45) is 0. The van der Waals surface area contributed by atoms with Gasteiger partial charge in [-0.25, -0.2) is 13.6 Å². The van der Waals surface area contributed by atoms with Crippen molar-refractivity contribution in [3.8, 4) is 0 Å². The Bertz CT molecular complexity index is 421. The van der Waals surface area contributed by atoms with Gasteiger partial charge in [-0.3, -0.25) is 0 Å². The van der Waals surface area contributed by atoms with Gasteiger partial charge in [0.25, 0.3) is 15.2 Å².